The van der Waals surface area contributed by atoms with Gasteiger partial charge in [0.1, 0.15) is 17.2 Å². The normalized spacial score (nSPS) is 20.8. The van der Waals surface area contributed by atoms with E-state index in [1.54, 1.807) is 0 Å². The third-order valence-corrected chi connectivity index (χ3v) is 2.79. The fourth-order valence-electron chi connectivity index (χ4n) is 2.19. The van der Waals surface area contributed by atoms with Gasteiger partial charge in [-0.1, -0.05) is 0 Å². The van der Waals surface area contributed by atoms with Crippen LogP contribution in [0.1, 0.15) is 54.4 Å². The standard InChI is InChI=1S/C15H27NO4/c1-14(2,3)19-12(17)10-16-9-7-8-11(16)13(18)20-15(4,5)6/h11H,7-10H2,1-6H3/t11-/m1/s1. The Morgan fingerprint density at radius 2 is 1.60 bits per heavy atom. The molecule has 116 valence electrons. The van der Waals surface area contributed by atoms with Gasteiger partial charge in [0, 0.05) is 0 Å². The van der Waals surface area contributed by atoms with Crippen molar-refractivity contribution < 1.29 is 19.1 Å². The summed E-state index contributed by atoms with van der Waals surface area (Å²) in [7, 11) is 0. The lowest BCUT2D eigenvalue weighted by Gasteiger charge is -2.27. The van der Waals surface area contributed by atoms with Gasteiger partial charge in [-0.15, -0.1) is 0 Å². The molecule has 0 aromatic carbocycles. The molecule has 1 aliphatic heterocycles. The summed E-state index contributed by atoms with van der Waals surface area (Å²) in [5, 5.41) is 0. The molecule has 20 heavy (non-hydrogen) atoms. The highest BCUT2D eigenvalue weighted by atomic mass is 16.6. The molecule has 0 radical (unpaired) electrons. The molecule has 1 rings (SSSR count). The van der Waals surface area contributed by atoms with Gasteiger partial charge >= 0.3 is 11.9 Å². The Hall–Kier alpha value is -1.10. The van der Waals surface area contributed by atoms with Crippen LogP contribution in [0.5, 0.6) is 0 Å². The number of esters is 2. The predicted octanol–water partition coefficient (Wildman–Crippen LogP) is 2.13. The summed E-state index contributed by atoms with van der Waals surface area (Å²) in [6.45, 7) is 11.9. The molecule has 1 atom stereocenters. The van der Waals surface area contributed by atoms with Crippen LogP contribution in [0.3, 0.4) is 0 Å². The van der Waals surface area contributed by atoms with Gasteiger partial charge in [0.15, 0.2) is 0 Å². The van der Waals surface area contributed by atoms with Crippen molar-refractivity contribution in [2.45, 2.75) is 71.6 Å². The summed E-state index contributed by atoms with van der Waals surface area (Å²) in [5.74, 6) is -0.550. The van der Waals surface area contributed by atoms with E-state index in [9.17, 15) is 9.59 Å². The summed E-state index contributed by atoms with van der Waals surface area (Å²) >= 11 is 0. The van der Waals surface area contributed by atoms with Crippen LogP contribution in [0.25, 0.3) is 0 Å². The smallest absolute Gasteiger partial charge is 0.323 e. The molecule has 0 saturated carbocycles. The third-order valence-electron chi connectivity index (χ3n) is 2.79. The van der Waals surface area contributed by atoms with E-state index >= 15 is 0 Å². The molecular weight excluding hydrogens is 258 g/mol. The summed E-state index contributed by atoms with van der Waals surface area (Å²) in [6, 6.07) is -0.332. The lowest BCUT2D eigenvalue weighted by atomic mass is 10.1. The number of rotatable bonds is 3. The van der Waals surface area contributed by atoms with E-state index in [1.807, 2.05) is 46.4 Å². The van der Waals surface area contributed by atoms with E-state index in [-0.39, 0.29) is 24.5 Å². The molecule has 0 aromatic rings. The second-order valence-corrected chi connectivity index (χ2v) is 7.25. The van der Waals surface area contributed by atoms with Gasteiger partial charge in [0.2, 0.25) is 0 Å². The minimum Gasteiger partial charge on any atom is -0.459 e. The summed E-state index contributed by atoms with van der Waals surface area (Å²) in [4.78, 5) is 25.8. The Morgan fingerprint density at radius 1 is 1.05 bits per heavy atom. The highest BCUT2D eigenvalue weighted by Gasteiger charge is 2.35. The Bertz CT molecular complexity index is 365. The van der Waals surface area contributed by atoms with Crippen LogP contribution in [0.4, 0.5) is 0 Å². The van der Waals surface area contributed by atoms with Crippen molar-refractivity contribution in [1.82, 2.24) is 4.90 Å². The Morgan fingerprint density at radius 3 is 2.10 bits per heavy atom. The molecule has 5 heteroatoms. The van der Waals surface area contributed by atoms with Crippen LogP contribution in [-0.2, 0) is 19.1 Å². The lowest BCUT2D eigenvalue weighted by molar-refractivity contribution is -0.163. The minimum atomic E-state index is -0.503. The number of nitrogens with zero attached hydrogens (tertiary/aromatic N) is 1. The van der Waals surface area contributed by atoms with Crippen molar-refractivity contribution in [3.63, 3.8) is 0 Å². The summed E-state index contributed by atoms with van der Waals surface area (Å²) in [5.41, 5.74) is -1.00. The first-order valence-electron chi connectivity index (χ1n) is 7.17. The monoisotopic (exact) mass is 285 g/mol. The lowest BCUT2D eigenvalue weighted by Crippen LogP contribution is -2.43. The highest BCUT2D eigenvalue weighted by molar-refractivity contribution is 5.78. The fourth-order valence-corrected chi connectivity index (χ4v) is 2.19. The molecule has 1 heterocycles. The molecule has 1 aliphatic rings. The number of likely N-dealkylation sites (tertiary alicyclic amines) is 1. The number of carbonyl (C=O) groups is 2. The molecule has 0 N–H and O–H groups in total. The largest absolute Gasteiger partial charge is 0.459 e. The predicted molar refractivity (Wildman–Crippen MR) is 76.3 cm³/mol. The van der Waals surface area contributed by atoms with E-state index in [1.165, 1.54) is 0 Å². The van der Waals surface area contributed by atoms with Gasteiger partial charge in [0.25, 0.3) is 0 Å². The second-order valence-electron chi connectivity index (χ2n) is 7.25. The van der Waals surface area contributed by atoms with Crippen molar-refractivity contribution in [2.24, 2.45) is 0 Å². The van der Waals surface area contributed by atoms with E-state index in [0.29, 0.717) is 0 Å². The van der Waals surface area contributed by atoms with Crippen LogP contribution in [0.15, 0.2) is 0 Å². The zero-order chi connectivity index (χ0) is 15.6. The molecule has 1 fully saturated rings. The topological polar surface area (TPSA) is 55.8 Å². The number of hydrogen-bond donors (Lipinski definition) is 0. The van der Waals surface area contributed by atoms with Crippen molar-refractivity contribution in [2.75, 3.05) is 13.1 Å². The average Bonchev–Trinajstić information content (AvgIpc) is 2.59. The Labute approximate surface area is 121 Å². The first-order chi connectivity index (χ1) is 8.98. The van der Waals surface area contributed by atoms with Gasteiger partial charge in [0.05, 0.1) is 6.54 Å². The van der Waals surface area contributed by atoms with Gasteiger partial charge < -0.3 is 9.47 Å². The maximum Gasteiger partial charge on any atom is 0.323 e. The molecule has 0 aliphatic carbocycles. The number of carbonyl (C=O) groups excluding carboxylic acids is 2. The van der Waals surface area contributed by atoms with Crippen molar-refractivity contribution in [3.8, 4) is 0 Å². The van der Waals surface area contributed by atoms with E-state index in [0.717, 1.165) is 19.4 Å². The Kier molecular flexibility index (Phi) is 5.19. The zero-order valence-electron chi connectivity index (χ0n) is 13.5. The first-order valence-corrected chi connectivity index (χ1v) is 7.17. The average molecular weight is 285 g/mol. The van der Waals surface area contributed by atoms with E-state index in [4.69, 9.17) is 9.47 Å². The Balaban J connectivity index is 2.57. The molecule has 0 amide bonds. The molecular formula is C15H27NO4. The SMILES string of the molecule is CC(C)(C)OC(=O)CN1CCC[C@@H]1C(=O)OC(C)(C)C. The maximum atomic E-state index is 12.1. The number of hydrogen-bond acceptors (Lipinski definition) is 5. The fraction of sp³-hybridized carbons (Fsp3) is 0.867. The molecule has 1 saturated heterocycles. The zero-order valence-corrected chi connectivity index (χ0v) is 13.5. The highest BCUT2D eigenvalue weighted by Crippen LogP contribution is 2.21. The molecule has 0 spiro atoms. The van der Waals surface area contributed by atoms with E-state index < -0.39 is 11.2 Å². The minimum absolute atomic E-state index is 0.140. The molecule has 5 nitrogen and oxygen atoms in total. The van der Waals surface area contributed by atoms with Crippen molar-refractivity contribution >= 4 is 11.9 Å². The van der Waals surface area contributed by atoms with Gasteiger partial charge in [-0.05, 0) is 60.9 Å². The van der Waals surface area contributed by atoms with Crippen LogP contribution >= 0.6 is 0 Å². The van der Waals surface area contributed by atoms with Crippen LogP contribution in [0, 0.1) is 0 Å². The summed E-state index contributed by atoms with van der Waals surface area (Å²) < 4.78 is 10.7. The van der Waals surface area contributed by atoms with E-state index in [2.05, 4.69) is 0 Å². The molecule has 0 aromatic heterocycles. The van der Waals surface area contributed by atoms with Gasteiger partial charge in [-0.3, -0.25) is 14.5 Å². The molecule has 0 bridgehead atoms. The van der Waals surface area contributed by atoms with Gasteiger partial charge in [-0.2, -0.15) is 0 Å². The van der Waals surface area contributed by atoms with Crippen molar-refractivity contribution in [1.29, 1.82) is 0 Å². The summed E-state index contributed by atoms with van der Waals surface area (Å²) in [6.07, 6.45) is 1.63. The number of ether oxygens (including phenoxy) is 2. The van der Waals surface area contributed by atoms with Gasteiger partial charge in [-0.25, -0.2) is 0 Å². The quantitative estimate of drug-likeness (QED) is 0.744. The van der Waals surface area contributed by atoms with Crippen LogP contribution in [0.2, 0.25) is 0 Å². The first kappa shape index (κ1) is 17.0. The third kappa shape index (κ3) is 5.90. The van der Waals surface area contributed by atoms with Crippen molar-refractivity contribution in [3.05, 3.63) is 0 Å². The molecule has 0 unspecified atom stereocenters. The maximum absolute atomic E-state index is 12.1. The second kappa shape index (κ2) is 6.12. The van der Waals surface area contributed by atoms with Crippen LogP contribution in [-0.4, -0.2) is 47.2 Å². The van der Waals surface area contributed by atoms with Crippen LogP contribution < -0.4 is 0 Å².